The number of rotatable bonds is 10. The van der Waals surface area contributed by atoms with Crippen molar-refractivity contribution in [2.45, 2.75) is 85.4 Å². The highest BCUT2D eigenvalue weighted by Gasteiger charge is 2.43. The Morgan fingerprint density at radius 3 is 1.72 bits per heavy atom. The van der Waals surface area contributed by atoms with Crippen molar-refractivity contribution in [3.05, 3.63) is 271 Å². The van der Waals surface area contributed by atoms with Crippen molar-refractivity contribution in [3.63, 3.8) is 0 Å². The van der Waals surface area contributed by atoms with Gasteiger partial charge in [-0.05, 0) is 138 Å². The molecule has 0 aliphatic heterocycles. The first-order valence-electron chi connectivity index (χ1n) is 31.2. The van der Waals surface area contributed by atoms with Gasteiger partial charge in [-0.1, -0.05) is 226 Å². The molecular formula is C79H70N4O2Si. The van der Waals surface area contributed by atoms with E-state index < -0.39 is 14.9 Å². The third-order valence-electron chi connectivity index (χ3n) is 17.3. The maximum Gasteiger partial charge on any atom is 0.269 e. The number of para-hydroxylation sites is 4. The molecule has 14 rings (SSSR count). The lowest BCUT2D eigenvalue weighted by Crippen LogP contribution is -2.75. The second kappa shape index (κ2) is 20.6. The fraction of sp³-hybridized carbons (Fsp3) is 0.165. The van der Waals surface area contributed by atoms with Crippen LogP contribution in [0.15, 0.2) is 247 Å². The van der Waals surface area contributed by atoms with Gasteiger partial charge < -0.3 is 9.15 Å². The van der Waals surface area contributed by atoms with Crippen molar-refractivity contribution in [3.8, 4) is 39.8 Å². The Kier molecular flexibility index (Phi) is 12.2. The number of hydrogen-bond acceptors (Lipinski definition) is 3. The molecular weight excluding hydrogens is 1060 g/mol. The third kappa shape index (κ3) is 9.42. The number of benzene rings is 10. The molecule has 0 amide bonds. The van der Waals surface area contributed by atoms with E-state index in [1.807, 2.05) is 84.9 Å². The van der Waals surface area contributed by atoms with Gasteiger partial charge in [-0.2, -0.15) is 0 Å². The second-order valence-electron chi connectivity index (χ2n) is 26.1. The number of fused-ring (bicyclic) bond motifs is 7. The Morgan fingerprint density at radius 1 is 0.477 bits per heavy atom. The molecule has 7 heteroatoms. The average Bonchev–Trinajstić information content (AvgIpc) is 1.14. The Balaban J connectivity index is 0.879. The molecule has 0 radical (unpaired) electrons. The lowest BCUT2D eigenvalue weighted by Gasteiger charge is -2.37. The molecule has 14 aromatic rings. The lowest BCUT2D eigenvalue weighted by molar-refractivity contribution is -0.572. The number of pyridine rings is 1. The van der Waals surface area contributed by atoms with Crippen LogP contribution in [-0.2, 0) is 16.2 Å². The van der Waals surface area contributed by atoms with Crippen molar-refractivity contribution in [2.75, 3.05) is 0 Å². The lowest BCUT2D eigenvalue weighted by atomic mass is 9.87. The standard InChI is InChI=1S/C79H70N4O2Si/c1-52-42-76(80-50-69(52)53-22-17-28-61(43-53)86(62-29-18-23-54(44-62)77(2,3)4,63-30-19-24-55(45-63)78(5,6)7)64-31-20-25-56(46-64)79(8,9)10)83-70-34-13-11-32-65(70)66-40-39-60(49-73(66)83)84-59-27-21-26-57(47-59)81-51-82(72-36-15-14-35-71(72)81)58-38-41-75-68(48-58)67-33-12-16-37-74(67)85-75/h11-50H,1-10H3/i1D3. The zero-order chi connectivity index (χ0) is 61.8. The second-order valence-corrected chi connectivity index (χ2v) is 29.9. The van der Waals surface area contributed by atoms with Gasteiger partial charge in [-0.15, -0.1) is 0 Å². The SMILES string of the molecule is [2H]C([2H])([2H])c1cc(-n2c3ccccc3c3ccc(Oc4cccc(-n5[c-][n+](-c6ccc7oc8ccccc8c7c6)c6ccccc65)c4)cc32)ncc1-c1cccc([Si](c2cccc(C(C)(C)C)c2)(c2cccc(C(C)(C)C)c2)c2cccc(C(C)(C)C)c2)c1. The molecule has 0 N–H and O–H groups in total. The molecule has 0 saturated heterocycles. The third-order valence-corrected chi connectivity index (χ3v) is 22.1. The number of hydrogen-bond donors (Lipinski definition) is 0. The Bertz CT molecular complexity index is 4950. The Labute approximate surface area is 509 Å². The van der Waals surface area contributed by atoms with Crippen molar-refractivity contribution in [2.24, 2.45) is 0 Å². The van der Waals surface area contributed by atoms with E-state index >= 15 is 0 Å². The van der Waals surface area contributed by atoms with E-state index in [-0.39, 0.29) is 21.8 Å². The molecule has 0 unspecified atom stereocenters. The monoisotopic (exact) mass is 1140 g/mol. The van der Waals surface area contributed by atoms with Crippen LogP contribution in [0.1, 0.15) is 88.7 Å². The molecule has 0 aliphatic rings. The van der Waals surface area contributed by atoms with Crippen LogP contribution in [-0.4, -0.2) is 22.2 Å². The number of nitrogens with zero attached hydrogens (tertiary/aromatic N) is 4. The molecule has 0 aliphatic carbocycles. The topological polar surface area (TPSA) is 49.0 Å². The largest absolute Gasteiger partial charge is 0.458 e. The maximum atomic E-state index is 9.29. The van der Waals surface area contributed by atoms with E-state index in [1.165, 1.54) is 32.3 Å². The van der Waals surface area contributed by atoms with Crippen molar-refractivity contribution in [1.29, 1.82) is 0 Å². The van der Waals surface area contributed by atoms with E-state index in [1.54, 1.807) is 12.3 Å². The summed E-state index contributed by atoms with van der Waals surface area (Å²) in [5.41, 5.74) is 12.2. The van der Waals surface area contributed by atoms with Crippen LogP contribution in [0.25, 0.3) is 83.1 Å². The first-order chi connectivity index (χ1) is 42.6. The minimum Gasteiger partial charge on any atom is -0.458 e. The summed E-state index contributed by atoms with van der Waals surface area (Å²) in [6.45, 7) is 18.0. The van der Waals surface area contributed by atoms with Gasteiger partial charge in [0.15, 0.2) is 8.07 Å². The molecule has 422 valence electrons. The molecule has 10 aromatic carbocycles. The molecule has 0 bridgehead atoms. The molecule has 0 fully saturated rings. The van der Waals surface area contributed by atoms with E-state index in [2.05, 4.69) is 228 Å². The van der Waals surface area contributed by atoms with Crippen LogP contribution in [0.5, 0.6) is 11.5 Å². The molecule has 6 nitrogen and oxygen atoms in total. The minimum atomic E-state index is -3.25. The molecule has 0 saturated carbocycles. The molecule has 86 heavy (non-hydrogen) atoms. The van der Waals surface area contributed by atoms with Gasteiger partial charge >= 0.3 is 0 Å². The van der Waals surface area contributed by atoms with Crippen LogP contribution >= 0.6 is 0 Å². The van der Waals surface area contributed by atoms with Crippen LogP contribution in [0, 0.1) is 13.2 Å². The summed E-state index contributed by atoms with van der Waals surface area (Å²) < 4.78 is 47.1. The predicted molar refractivity (Wildman–Crippen MR) is 359 cm³/mol. The van der Waals surface area contributed by atoms with Gasteiger partial charge in [0, 0.05) is 43.5 Å². The summed E-state index contributed by atoms with van der Waals surface area (Å²) >= 11 is 0. The zero-order valence-corrected chi connectivity index (χ0v) is 51.2. The highest BCUT2D eigenvalue weighted by atomic mass is 28.3. The Morgan fingerprint density at radius 2 is 1.05 bits per heavy atom. The summed E-state index contributed by atoms with van der Waals surface area (Å²) in [6.07, 6.45) is 5.43. The number of imidazole rings is 1. The number of aromatic nitrogens is 4. The van der Waals surface area contributed by atoms with E-state index in [0.717, 1.165) is 76.9 Å². The van der Waals surface area contributed by atoms with Crippen LogP contribution in [0.3, 0.4) is 0 Å². The summed E-state index contributed by atoms with van der Waals surface area (Å²) in [7, 11) is -3.25. The molecule has 0 atom stereocenters. The minimum absolute atomic E-state index is 0.115. The summed E-state index contributed by atoms with van der Waals surface area (Å²) in [5.74, 6) is 1.74. The van der Waals surface area contributed by atoms with Crippen LogP contribution in [0.2, 0.25) is 0 Å². The van der Waals surface area contributed by atoms with Crippen LogP contribution < -0.4 is 30.1 Å². The average molecular weight is 1140 g/mol. The highest BCUT2D eigenvalue weighted by molar-refractivity contribution is 7.20. The quantitative estimate of drug-likeness (QED) is 0.0593. The first kappa shape index (κ1) is 50.9. The highest BCUT2D eigenvalue weighted by Crippen LogP contribution is 2.38. The molecule has 4 heterocycles. The Hall–Kier alpha value is -9.56. The number of aryl methyl sites for hydroxylation is 1. The summed E-state index contributed by atoms with van der Waals surface area (Å²) in [4.78, 5) is 5.26. The van der Waals surface area contributed by atoms with E-state index in [4.69, 9.17) is 14.1 Å². The van der Waals surface area contributed by atoms with E-state index in [0.29, 0.717) is 22.9 Å². The van der Waals surface area contributed by atoms with E-state index in [9.17, 15) is 4.11 Å². The number of furan rings is 1. The fourth-order valence-corrected chi connectivity index (χ4v) is 17.6. The summed E-state index contributed by atoms with van der Waals surface area (Å²) in [6, 6.07) is 83.3. The van der Waals surface area contributed by atoms with Crippen molar-refractivity contribution < 1.29 is 17.8 Å². The first-order valence-corrected chi connectivity index (χ1v) is 31.7. The van der Waals surface area contributed by atoms with Crippen molar-refractivity contribution >= 4 is 83.6 Å². The molecule has 0 spiro atoms. The fourth-order valence-electron chi connectivity index (χ4n) is 12.8. The normalized spacial score (nSPS) is 13.2. The smallest absolute Gasteiger partial charge is 0.269 e. The van der Waals surface area contributed by atoms with Gasteiger partial charge in [0.05, 0.1) is 33.4 Å². The van der Waals surface area contributed by atoms with Crippen LogP contribution in [0.4, 0.5) is 0 Å². The van der Waals surface area contributed by atoms with Gasteiger partial charge in [0.2, 0.25) is 0 Å². The predicted octanol–water partition coefficient (Wildman–Crippen LogP) is 17.1. The van der Waals surface area contributed by atoms with Crippen molar-refractivity contribution in [1.82, 2.24) is 14.1 Å². The van der Waals surface area contributed by atoms with Gasteiger partial charge in [-0.25, -0.2) is 4.98 Å². The zero-order valence-electron chi connectivity index (χ0n) is 53.2. The maximum absolute atomic E-state index is 9.29. The number of ether oxygens (including phenoxy) is 1. The van der Waals surface area contributed by atoms with Gasteiger partial charge in [0.25, 0.3) is 6.33 Å². The van der Waals surface area contributed by atoms with Gasteiger partial charge in [0.1, 0.15) is 28.5 Å². The molecule has 4 aromatic heterocycles. The van der Waals surface area contributed by atoms with Gasteiger partial charge in [-0.3, -0.25) is 13.7 Å². The summed E-state index contributed by atoms with van der Waals surface area (Å²) in [5, 5.41) is 9.06.